The number of carbonyl (C=O) groups is 1. The zero-order chi connectivity index (χ0) is 20.8. The predicted octanol–water partition coefficient (Wildman–Crippen LogP) is 1.64. The highest BCUT2D eigenvalue weighted by Crippen LogP contribution is 2.27. The lowest BCUT2D eigenvalue weighted by atomic mass is 10.2. The SMILES string of the molecule is CCOCCn1nc(CC(=O)NC)c2nc(NC)nc(Nc3cc(C)ccn3)c21. The minimum Gasteiger partial charge on any atom is -0.380 e. The Bertz CT molecular complexity index is 1000. The first-order valence-corrected chi connectivity index (χ1v) is 9.48. The van der Waals surface area contributed by atoms with Crippen molar-refractivity contribution in [3.63, 3.8) is 0 Å². The van der Waals surface area contributed by atoms with Crippen LogP contribution in [0.5, 0.6) is 0 Å². The lowest BCUT2D eigenvalue weighted by molar-refractivity contribution is -0.120. The van der Waals surface area contributed by atoms with Crippen molar-refractivity contribution in [1.29, 1.82) is 0 Å². The zero-order valence-electron chi connectivity index (χ0n) is 17.1. The van der Waals surface area contributed by atoms with Gasteiger partial charge < -0.3 is 20.7 Å². The summed E-state index contributed by atoms with van der Waals surface area (Å²) in [6, 6.07) is 3.85. The molecular formula is C19H26N8O2. The molecule has 0 aromatic carbocycles. The standard InChI is InChI=1S/C19H26N8O2/c1-5-29-9-8-27-17-16(13(26-27)11-15(28)20-3)24-19(21-4)25-18(17)23-14-10-12(2)6-7-22-14/h6-7,10H,5,8-9,11H2,1-4H3,(H,20,28)(H2,21,22,23,24,25). The van der Waals surface area contributed by atoms with Gasteiger partial charge >= 0.3 is 0 Å². The summed E-state index contributed by atoms with van der Waals surface area (Å²) in [5.41, 5.74) is 2.97. The van der Waals surface area contributed by atoms with Crippen LogP contribution in [0.2, 0.25) is 0 Å². The molecule has 0 aliphatic carbocycles. The van der Waals surface area contributed by atoms with Gasteiger partial charge in [0.1, 0.15) is 16.9 Å². The smallest absolute Gasteiger partial charge is 0.225 e. The second-order valence-electron chi connectivity index (χ2n) is 6.40. The number of hydrogen-bond donors (Lipinski definition) is 3. The summed E-state index contributed by atoms with van der Waals surface area (Å²) in [4.78, 5) is 25.5. The molecule has 1 amide bonds. The molecule has 0 radical (unpaired) electrons. The molecule has 10 heteroatoms. The Balaban J connectivity index is 2.12. The van der Waals surface area contributed by atoms with Crippen molar-refractivity contribution in [1.82, 2.24) is 30.0 Å². The van der Waals surface area contributed by atoms with Crippen LogP contribution in [0.3, 0.4) is 0 Å². The molecule has 0 spiro atoms. The van der Waals surface area contributed by atoms with Gasteiger partial charge in [-0.1, -0.05) is 0 Å². The fourth-order valence-corrected chi connectivity index (χ4v) is 2.89. The lowest BCUT2D eigenvalue weighted by Crippen LogP contribution is -2.20. The Labute approximate surface area is 169 Å². The average Bonchev–Trinajstić information content (AvgIpc) is 3.05. The minimum atomic E-state index is -0.138. The van der Waals surface area contributed by atoms with E-state index >= 15 is 0 Å². The minimum absolute atomic E-state index is 0.122. The molecule has 0 fully saturated rings. The number of hydrogen-bond acceptors (Lipinski definition) is 8. The summed E-state index contributed by atoms with van der Waals surface area (Å²) in [6.07, 6.45) is 1.86. The first kappa shape index (κ1) is 20.5. The molecular weight excluding hydrogens is 372 g/mol. The quantitative estimate of drug-likeness (QED) is 0.466. The molecule has 0 atom stereocenters. The number of ether oxygens (including phenoxy) is 1. The van der Waals surface area contributed by atoms with E-state index in [1.807, 2.05) is 26.0 Å². The van der Waals surface area contributed by atoms with E-state index in [-0.39, 0.29) is 12.3 Å². The van der Waals surface area contributed by atoms with Crippen molar-refractivity contribution >= 4 is 34.5 Å². The van der Waals surface area contributed by atoms with E-state index in [1.54, 1.807) is 25.0 Å². The summed E-state index contributed by atoms with van der Waals surface area (Å²) in [7, 11) is 3.34. The highest BCUT2D eigenvalue weighted by atomic mass is 16.5. The molecule has 3 N–H and O–H groups in total. The Morgan fingerprint density at radius 1 is 1.28 bits per heavy atom. The van der Waals surface area contributed by atoms with Crippen LogP contribution in [0.4, 0.5) is 17.6 Å². The third-order valence-electron chi connectivity index (χ3n) is 4.30. The highest BCUT2D eigenvalue weighted by molar-refractivity contribution is 5.92. The van der Waals surface area contributed by atoms with E-state index in [0.717, 1.165) is 5.56 Å². The largest absolute Gasteiger partial charge is 0.380 e. The average molecular weight is 398 g/mol. The molecule has 3 aromatic rings. The van der Waals surface area contributed by atoms with Gasteiger partial charge in [0.25, 0.3) is 0 Å². The fourth-order valence-electron chi connectivity index (χ4n) is 2.89. The van der Waals surface area contributed by atoms with Crippen LogP contribution in [0.1, 0.15) is 18.2 Å². The van der Waals surface area contributed by atoms with Gasteiger partial charge in [0.05, 0.1) is 25.3 Å². The van der Waals surface area contributed by atoms with Gasteiger partial charge in [0, 0.05) is 26.9 Å². The van der Waals surface area contributed by atoms with E-state index in [2.05, 4.69) is 36.0 Å². The topological polar surface area (TPSA) is 119 Å². The van der Waals surface area contributed by atoms with Crippen LogP contribution in [0, 0.1) is 6.92 Å². The highest BCUT2D eigenvalue weighted by Gasteiger charge is 2.20. The molecule has 3 heterocycles. The number of anilines is 3. The number of nitrogens with zero attached hydrogens (tertiary/aromatic N) is 5. The van der Waals surface area contributed by atoms with Gasteiger partial charge in [0.15, 0.2) is 5.82 Å². The fraction of sp³-hybridized carbons (Fsp3) is 0.421. The number of fused-ring (bicyclic) bond motifs is 1. The van der Waals surface area contributed by atoms with Crippen molar-refractivity contribution in [2.24, 2.45) is 0 Å². The molecule has 0 bridgehead atoms. The third-order valence-corrected chi connectivity index (χ3v) is 4.30. The normalized spacial score (nSPS) is 10.9. The Hall–Kier alpha value is -3.27. The van der Waals surface area contributed by atoms with Crippen molar-refractivity contribution in [2.75, 3.05) is 37.9 Å². The molecule has 29 heavy (non-hydrogen) atoms. The van der Waals surface area contributed by atoms with Gasteiger partial charge in [-0.15, -0.1) is 0 Å². The zero-order valence-corrected chi connectivity index (χ0v) is 17.1. The van der Waals surface area contributed by atoms with Gasteiger partial charge in [-0.2, -0.15) is 10.1 Å². The van der Waals surface area contributed by atoms with Gasteiger partial charge in [0.2, 0.25) is 11.9 Å². The number of carbonyl (C=O) groups excluding carboxylic acids is 1. The molecule has 0 saturated carbocycles. The van der Waals surface area contributed by atoms with E-state index < -0.39 is 0 Å². The molecule has 154 valence electrons. The van der Waals surface area contributed by atoms with Crippen LogP contribution in [-0.2, 0) is 22.5 Å². The summed E-state index contributed by atoms with van der Waals surface area (Å²) < 4.78 is 7.27. The second kappa shape index (κ2) is 9.28. The first-order valence-electron chi connectivity index (χ1n) is 9.48. The number of aromatic nitrogens is 5. The molecule has 0 saturated heterocycles. The van der Waals surface area contributed by atoms with E-state index in [0.29, 0.717) is 54.1 Å². The number of likely N-dealkylation sites (N-methyl/N-ethyl adjacent to an activating group) is 1. The van der Waals surface area contributed by atoms with Crippen LogP contribution in [-0.4, -0.2) is 57.9 Å². The van der Waals surface area contributed by atoms with Crippen molar-refractivity contribution < 1.29 is 9.53 Å². The maximum absolute atomic E-state index is 12.0. The summed E-state index contributed by atoms with van der Waals surface area (Å²) in [6.45, 7) is 5.55. The third kappa shape index (κ3) is 4.77. The number of pyridine rings is 1. The number of nitrogens with one attached hydrogen (secondary N) is 3. The summed E-state index contributed by atoms with van der Waals surface area (Å²) in [5.74, 6) is 1.51. The van der Waals surface area contributed by atoms with Crippen LogP contribution in [0.25, 0.3) is 11.0 Å². The summed E-state index contributed by atoms with van der Waals surface area (Å²) in [5, 5.41) is 13.5. The van der Waals surface area contributed by atoms with Crippen LogP contribution in [0.15, 0.2) is 18.3 Å². The molecule has 10 nitrogen and oxygen atoms in total. The summed E-state index contributed by atoms with van der Waals surface area (Å²) >= 11 is 0. The molecule has 0 unspecified atom stereocenters. The Kier molecular flexibility index (Phi) is 6.55. The van der Waals surface area contributed by atoms with Crippen LogP contribution >= 0.6 is 0 Å². The maximum Gasteiger partial charge on any atom is 0.225 e. The number of aryl methyl sites for hydroxylation is 1. The van der Waals surface area contributed by atoms with E-state index in [9.17, 15) is 4.79 Å². The van der Waals surface area contributed by atoms with E-state index in [4.69, 9.17) is 4.74 Å². The first-order chi connectivity index (χ1) is 14.0. The lowest BCUT2D eigenvalue weighted by Gasteiger charge is -2.11. The van der Waals surface area contributed by atoms with E-state index in [1.165, 1.54) is 0 Å². The molecule has 0 aliphatic heterocycles. The predicted molar refractivity (Wildman–Crippen MR) is 111 cm³/mol. The van der Waals surface area contributed by atoms with Crippen molar-refractivity contribution in [3.8, 4) is 0 Å². The van der Waals surface area contributed by atoms with Gasteiger partial charge in [-0.25, -0.2) is 9.97 Å². The molecule has 0 aliphatic rings. The Morgan fingerprint density at radius 3 is 2.79 bits per heavy atom. The molecule has 3 aromatic heterocycles. The maximum atomic E-state index is 12.0. The second-order valence-corrected chi connectivity index (χ2v) is 6.40. The van der Waals surface area contributed by atoms with Gasteiger partial charge in [-0.3, -0.25) is 9.48 Å². The van der Waals surface area contributed by atoms with Gasteiger partial charge in [-0.05, 0) is 31.5 Å². The van der Waals surface area contributed by atoms with Crippen molar-refractivity contribution in [2.45, 2.75) is 26.8 Å². The Morgan fingerprint density at radius 2 is 2.10 bits per heavy atom. The number of amides is 1. The monoisotopic (exact) mass is 398 g/mol. The molecule has 3 rings (SSSR count). The van der Waals surface area contributed by atoms with Crippen molar-refractivity contribution in [3.05, 3.63) is 29.6 Å². The number of rotatable bonds is 9. The van der Waals surface area contributed by atoms with Crippen LogP contribution < -0.4 is 16.0 Å².